The van der Waals surface area contributed by atoms with Gasteiger partial charge in [-0.05, 0) is 54.2 Å². The number of carbonyl (C=O) groups is 1. The number of hydrogen-bond donors (Lipinski definition) is 1. The topological polar surface area (TPSA) is 59.3 Å². The van der Waals surface area contributed by atoms with Gasteiger partial charge in [0.15, 0.2) is 5.43 Å². The van der Waals surface area contributed by atoms with Crippen LogP contribution in [0.5, 0.6) is 0 Å². The van der Waals surface area contributed by atoms with Gasteiger partial charge in [0.1, 0.15) is 0 Å². The van der Waals surface area contributed by atoms with Crippen molar-refractivity contribution in [1.82, 2.24) is 4.57 Å². The fourth-order valence-corrected chi connectivity index (χ4v) is 3.46. The third kappa shape index (κ3) is 2.50. The smallest absolute Gasteiger partial charge is 0.303 e. The number of pyridine rings is 1. The first-order valence-corrected chi connectivity index (χ1v) is 7.84. The van der Waals surface area contributed by atoms with E-state index in [4.69, 9.17) is 5.11 Å². The molecule has 1 N–H and O–H groups in total. The Hall–Kier alpha value is -1.62. The Bertz CT molecular complexity index is 790. The molecule has 0 spiro atoms. The zero-order chi connectivity index (χ0) is 15.1. The fourth-order valence-electron chi connectivity index (χ4n) is 2.90. The number of fused-ring (bicyclic) bond motifs is 1. The maximum atomic E-state index is 12.7. The molecular formula is C16H16BrNO3. The van der Waals surface area contributed by atoms with Crippen LogP contribution in [0.3, 0.4) is 0 Å². The maximum absolute atomic E-state index is 12.7. The van der Waals surface area contributed by atoms with Crippen molar-refractivity contribution in [3.63, 3.8) is 0 Å². The van der Waals surface area contributed by atoms with Crippen LogP contribution in [0.2, 0.25) is 0 Å². The molecule has 0 aliphatic heterocycles. The molecule has 1 aliphatic rings. The minimum atomic E-state index is -0.874. The van der Waals surface area contributed by atoms with Crippen LogP contribution < -0.4 is 5.43 Å². The van der Waals surface area contributed by atoms with Gasteiger partial charge < -0.3 is 9.67 Å². The van der Waals surface area contributed by atoms with E-state index < -0.39 is 5.97 Å². The quantitative estimate of drug-likeness (QED) is 0.919. The van der Waals surface area contributed by atoms with Crippen LogP contribution in [0.25, 0.3) is 10.9 Å². The standard InChI is InChI=1S/C16H16BrNO3/c1-9-11(7-8-14(19)20)16(21)12-3-2-4-13(17)15(12)18(9)10-5-6-10/h2-4,10H,5-8H2,1H3,(H,19,20). The van der Waals surface area contributed by atoms with Crippen molar-refractivity contribution in [2.75, 3.05) is 0 Å². The van der Waals surface area contributed by atoms with Crippen molar-refractivity contribution in [1.29, 1.82) is 0 Å². The molecule has 0 saturated heterocycles. The molecule has 1 heterocycles. The number of para-hydroxylation sites is 1. The first-order valence-electron chi connectivity index (χ1n) is 7.04. The molecule has 0 radical (unpaired) electrons. The molecule has 1 saturated carbocycles. The zero-order valence-electron chi connectivity index (χ0n) is 11.7. The lowest BCUT2D eigenvalue weighted by molar-refractivity contribution is -0.136. The number of nitrogens with zero attached hydrogens (tertiary/aromatic N) is 1. The van der Waals surface area contributed by atoms with E-state index in [1.807, 2.05) is 25.1 Å². The van der Waals surface area contributed by atoms with Gasteiger partial charge in [0.25, 0.3) is 0 Å². The number of rotatable bonds is 4. The second kappa shape index (κ2) is 5.30. The first-order chi connectivity index (χ1) is 10.0. The van der Waals surface area contributed by atoms with Crippen LogP contribution in [0.1, 0.15) is 36.6 Å². The highest BCUT2D eigenvalue weighted by Gasteiger charge is 2.28. The second-order valence-electron chi connectivity index (χ2n) is 5.52. The molecule has 4 nitrogen and oxygen atoms in total. The Labute approximate surface area is 130 Å². The van der Waals surface area contributed by atoms with E-state index in [2.05, 4.69) is 20.5 Å². The molecule has 0 amide bonds. The van der Waals surface area contributed by atoms with E-state index in [0.29, 0.717) is 17.0 Å². The molecule has 110 valence electrons. The summed E-state index contributed by atoms with van der Waals surface area (Å²) in [7, 11) is 0. The van der Waals surface area contributed by atoms with Gasteiger partial charge in [-0.3, -0.25) is 9.59 Å². The summed E-state index contributed by atoms with van der Waals surface area (Å²) < 4.78 is 3.12. The molecule has 0 unspecified atom stereocenters. The molecule has 1 aliphatic carbocycles. The van der Waals surface area contributed by atoms with Gasteiger partial charge in [-0.25, -0.2) is 0 Å². The predicted octanol–water partition coefficient (Wildman–Crippen LogP) is 3.42. The minimum Gasteiger partial charge on any atom is -0.481 e. The highest BCUT2D eigenvalue weighted by atomic mass is 79.9. The van der Waals surface area contributed by atoms with Crippen LogP contribution in [0, 0.1) is 6.92 Å². The summed E-state index contributed by atoms with van der Waals surface area (Å²) in [5, 5.41) is 9.56. The summed E-state index contributed by atoms with van der Waals surface area (Å²) in [6.45, 7) is 1.93. The number of benzene rings is 1. The Morgan fingerprint density at radius 1 is 1.43 bits per heavy atom. The van der Waals surface area contributed by atoms with Gasteiger partial charge in [-0.1, -0.05) is 6.07 Å². The van der Waals surface area contributed by atoms with Gasteiger partial charge in [-0.15, -0.1) is 0 Å². The van der Waals surface area contributed by atoms with E-state index in [0.717, 1.165) is 28.5 Å². The van der Waals surface area contributed by atoms with E-state index in [9.17, 15) is 9.59 Å². The summed E-state index contributed by atoms with van der Waals surface area (Å²) >= 11 is 3.55. The highest BCUT2D eigenvalue weighted by Crippen LogP contribution is 2.40. The lowest BCUT2D eigenvalue weighted by Gasteiger charge is -2.18. The molecule has 1 fully saturated rings. The van der Waals surface area contributed by atoms with Crippen molar-refractivity contribution in [3.05, 3.63) is 44.2 Å². The predicted molar refractivity (Wildman–Crippen MR) is 84.9 cm³/mol. The summed E-state index contributed by atoms with van der Waals surface area (Å²) in [5.41, 5.74) is 2.43. The summed E-state index contributed by atoms with van der Waals surface area (Å²) in [6, 6.07) is 6.04. The van der Waals surface area contributed by atoms with Crippen LogP contribution in [-0.4, -0.2) is 15.6 Å². The van der Waals surface area contributed by atoms with Crippen molar-refractivity contribution in [2.24, 2.45) is 0 Å². The summed E-state index contributed by atoms with van der Waals surface area (Å²) in [5.74, 6) is -0.874. The number of hydrogen-bond acceptors (Lipinski definition) is 2. The van der Waals surface area contributed by atoms with Crippen LogP contribution in [0.4, 0.5) is 0 Å². The van der Waals surface area contributed by atoms with Crippen LogP contribution in [-0.2, 0) is 11.2 Å². The molecule has 0 atom stereocenters. The second-order valence-corrected chi connectivity index (χ2v) is 6.38. The van der Waals surface area contributed by atoms with E-state index in [1.54, 1.807) is 0 Å². The maximum Gasteiger partial charge on any atom is 0.303 e. The normalized spacial score (nSPS) is 14.6. The lowest BCUT2D eigenvalue weighted by Crippen LogP contribution is -2.19. The third-order valence-corrected chi connectivity index (χ3v) is 4.69. The number of halogens is 1. The fraction of sp³-hybridized carbons (Fsp3) is 0.375. The molecule has 1 aromatic carbocycles. The average molecular weight is 350 g/mol. The van der Waals surface area contributed by atoms with E-state index >= 15 is 0 Å². The molecule has 1 aromatic heterocycles. The minimum absolute atomic E-state index is 0.0136. The molecular weight excluding hydrogens is 334 g/mol. The number of carboxylic acid groups (broad SMARTS) is 1. The largest absolute Gasteiger partial charge is 0.481 e. The first kappa shape index (κ1) is 14.3. The Morgan fingerprint density at radius 2 is 2.14 bits per heavy atom. The molecule has 21 heavy (non-hydrogen) atoms. The number of carboxylic acids is 1. The van der Waals surface area contributed by atoms with Gasteiger partial charge >= 0.3 is 5.97 Å². The van der Waals surface area contributed by atoms with Gasteiger partial charge in [0, 0.05) is 33.6 Å². The van der Waals surface area contributed by atoms with Crippen molar-refractivity contribution >= 4 is 32.8 Å². The average Bonchev–Trinajstić information content (AvgIpc) is 3.24. The number of aliphatic carboxylic acids is 1. The highest BCUT2D eigenvalue weighted by molar-refractivity contribution is 9.10. The van der Waals surface area contributed by atoms with Crippen molar-refractivity contribution in [2.45, 2.75) is 38.6 Å². The van der Waals surface area contributed by atoms with Crippen molar-refractivity contribution < 1.29 is 9.90 Å². The Balaban J connectivity index is 2.29. The third-order valence-electron chi connectivity index (χ3n) is 4.05. The van der Waals surface area contributed by atoms with Crippen LogP contribution >= 0.6 is 15.9 Å². The van der Waals surface area contributed by atoms with Gasteiger partial charge in [0.2, 0.25) is 0 Å². The summed E-state index contributed by atoms with van der Waals surface area (Å²) in [6.07, 6.45) is 2.49. The van der Waals surface area contributed by atoms with E-state index in [-0.39, 0.29) is 18.3 Å². The van der Waals surface area contributed by atoms with Crippen molar-refractivity contribution in [3.8, 4) is 0 Å². The SMILES string of the molecule is Cc1c(CCC(=O)O)c(=O)c2cccc(Br)c2n1C1CC1. The molecule has 3 rings (SSSR count). The van der Waals surface area contributed by atoms with E-state index in [1.165, 1.54) is 0 Å². The molecule has 2 aromatic rings. The van der Waals surface area contributed by atoms with Gasteiger partial charge in [0.05, 0.1) is 5.52 Å². The Morgan fingerprint density at radius 3 is 2.76 bits per heavy atom. The van der Waals surface area contributed by atoms with Gasteiger partial charge in [-0.2, -0.15) is 0 Å². The van der Waals surface area contributed by atoms with Crippen LogP contribution in [0.15, 0.2) is 27.5 Å². The monoisotopic (exact) mass is 349 g/mol. The lowest BCUT2D eigenvalue weighted by atomic mass is 10.0. The zero-order valence-corrected chi connectivity index (χ0v) is 13.3. The molecule has 0 bridgehead atoms. The Kier molecular flexibility index (Phi) is 3.61. The number of aromatic nitrogens is 1. The molecule has 5 heteroatoms. The summed E-state index contributed by atoms with van der Waals surface area (Å²) in [4.78, 5) is 23.5.